The molecule has 4 N–H and O–H groups in total. The molecule has 39 heavy (non-hydrogen) atoms. The summed E-state index contributed by atoms with van der Waals surface area (Å²) >= 11 is 2.58. The second-order valence-electron chi connectivity index (χ2n) is 8.70. The quantitative estimate of drug-likeness (QED) is 0.235. The van der Waals surface area contributed by atoms with Gasteiger partial charge < -0.3 is 21.1 Å². The van der Waals surface area contributed by atoms with Crippen molar-refractivity contribution in [3.05, 3.63) is 47.2 Å². The molecule has 0 saturated carbocycles. The number of carbonyl (C=O) groups excluding carboxylic acids is 4. The number of carboxylic acid groups (broad SMARTS) is 1. The molecule has 3 aliphatic rings. The van der Waals surface area contributed by atoms with Crippen LogP contribution in [-0.2, 0) is 21.4 Å². The highest BCUT2D eigenvalue weighted by molar-refractivity contribution is 8.01. The number of urea groups is 2. The summed E-state index contributed by atoms with van der Waals surface area (Å²) in [6.45, 7) is 0.454. The van der Waals surface area contributed by atoms with E-state index >= 15 is 0 Å². The number of imide groups is 1. The first-order valence-electron chi connectivity index (χ1n) is 11.7. The third-order valence-corrected chi connectivity index (χ3v) is 8.71. The van der Waals surface area contributed by atoms with Gasteiger partial charge in [0.15, 0.2) is 0 Å². The summed E-state index contributed by atoms with van der Waals surface area (Å²) in [5.74, 6) is -1.89. The number of nitrogens with one attached hydrogen (secondary N) is 3. The van der Waals surface area contributed by atoms with Crippen LogP contribution in [0.2, 0.25) is 0 Å². The number of benzene rings is 1. The van der Waals surface area contributed by atoms with Crippen LogP contribution in [0, 0.1) is 0 Å². The molecule has 5 rings (SSSR count). The van der Waals surface area contributed by atoms with E-state index in [1.807, 2.05) is 0 Å². The number of aryl methyl sites for hydroxylation is 1. The van der Waals surface area contributed by atoms with Gasteiger partial charge in [0.1, 0.15) is 23.2 Å². The van der Waals surface area contributed by atoms with Crippen molar-refractivity contribution in [2.45, 2.75) is 22.6 Å². The van der Waals surface area contributed by atoms with E-state index in [0.29, 0.717) is 28.6 Å². The Balaban J connectivity index is 1.30. The number of hydrogen-bond donors (Lipinski definition) is 4. The third kappa shape index (κ3) is 5.14. The summed E-state index contributed by atoms with van der Waals surface area (Å²) in [6, 6.07) is 4.91. The van der Waals surface area contributed by atoms with Gasteiger partial charge in [0.2, 0.25) is 11.1 Å². The predicted octanol–water partition coefficient (Wildman–Crippen LogP) is -0.483. The molecule has 6 amide bonds. The van der Waals surface area contributed by atoms with Crippen LogP contribution in [0.15, 0.2) is 46.8 Å². The molecule has 3 unspecified atom stereocenters. The highest BCUT2D eigenvalue weighted by atomic mass is 32.2. The average Bonchev–Trinajstić information content (AvgIpc) is 3.55. The zero-order chi connectivity index (χ0) is 27.7. The van der Waals surface area contributed by atoms with Crippen LogP contribution in [0.1, 0.15) is 11.6 Å². The van der Waals surface area contributed by atoms with E-state index in [4.69, 9.17) is 0 Å². The highest BCUT2D eigenvalue weighted by Crippen LogP contribution is 2.41. The molecule has 2 aromatic rings. The normalized spacial score (nSPS) is 21.2. The van der Waals surface area contributed by atoms with Crippen molar-refractivity contribution in [1.29, 1.82) is 0 Å². The number of tetrazole rings is 1. The first-order chi connectivity index (χ1) is 18.8. The fourth-order valence-electron chi connectivity index (χ4n) is 4.34. The molecular formula is C22H23N9O6S2. The van der Waals surface area contributed by atoms with Crippen molar-refractivity contribution >= 4 is 53.4 Å². The summed E-state index contributed by atoms with van der Waals surface area (Å²) in [7, 11) is 1.66. The summed E-state index contributed by atoms with van der Waals surface area (Å²) in [4.78, 5) is 65.4. The number of β-lactam (4-membered cyclic amide) rings is 1. The Hall–Kier alpha value is -4.12. The van der Waals surface area contributed by atoms with Gasteiger partial charge in [-0.05, 0) is 21.6 Å². The summed E-state index contributed by atoms with van der Waals surface area (Å²) < 4.78 is 1.46. The van der Waals surface area contributed by atoms with E-state index in [0.717, 1.165) is 4.90 Å². The van der Waals surface area contributed by atoms with Crippen LogP contribution in [-0.4, -0.2) is 101 Å². The van der Waals surface area contributed by atoms with Crippen LogP contribution in [0.3, 0.4) is 0 Å². The van der Waals surface area contributed by atoms with Crippen LogP contribution in [0.25, 0.3) is 0 Å². The molecule has 2 fully saturated rings. The Morgan fingerprint density at radius 2 is 2.03 bits per heavy atom. The zero-order valence-electron chi connectivity index (χ0n) is 20.4. The van der Waals surface area contributed by atoms with Crippen molar-refractivity contribution in [2.24, 2.45) is 7.05 Å². The van der Waals surface area contributed by atoms with Gasteiger partial charge in [0.05, 0.1) is 0 Å². The van der Waals surface area contributed by atoms with E-state index < -0.39 is 47.3 Å². The standard InChI is InChI=1S/C22H23N9O6S2/c1-29-22(26-27-28-29)39-10-12-9-38-18-14(17(33)31(18)15(12)19(34)35)24-16(32)13(11-5-3-2-4-6-11)25-21(37)30-8-7-23-20(30)36/h2-6,13-14,18H,7-10H2,1H3,(H,23,36)(H,24,32)(H,25,37)(H,34,35). The summed E-state index contributed by atoms with van der Waals surface area (Å²) in [5.41, 5.74) is 0.865. The average molecular weight is 574 g/mol. The molecule has 1 aromatic heterocycles. The monoisotopic (exact) mass is 573 g/mol. The van der Waals surface area contributed by atoms with Crippen molar-refractivity contribution in [1.82, 2.24) is 46.0 Å². The van der Waals surface area contributed by atoms with Crippen LogP contribution >= 0.6 is 23.5 Å². The molecule has 4 heterocycles. The van der Waals surface area contributed by atoms with Crippen molar-refractivity contribution in [3.63, 3.8) is 0 Å². The lowest BCUT2D eigenvalue weighted by molar-refractivity contribution is -0.151. The van der Waals surface area contributed by atoms with Crippen molar-refractivity contribution in [2.75, 3.05) is 24.6 Å². The Labute approximate surface area is 229 Å². The van der Waals surface area contributed by atoms with Gasteiger partial charge in [0, 0.05) is 31.6 Å². The van der Waals surface area contributed by atoms with E-state index in [-0.39, 0.29) is 18.0 Å². The fourth-order valence-corrected chi connectivity index (χ4v) is 6.67. The van der Waals surface area contributed by atoms with Crippen molar-refractivity contribution < 1.29 is 29.1 Å². The van der Waals surface area contributed by atoms with Crippen molar-refractivity contribution in [3.8, 4) is 0 Å². The smallest absolute Gasteiger partial charge is 0.352 e. The minimum absolute atomic E-state index is 0.121. The molecule has 0 spiro atoms. The number of hydrogen-bond acceptors (Lipinski definition) is 10. The maximum Gasteiger partial charge on any atom is 0.352 e. The second-order valence-corrected chi connectivity index (χ2v) is 10.8. The molecule has 2 saturated heterocycles. The highest BCUT2D eigenvalue weighted by Gasteiger charge is 2.54. The topological polar surface area (TPSA) is 192 Å². The SMILES string of the molecule is Cn1nnnc1SCC1=C(C(=O)O)N2C(=O)C(NC(=O)C(NC(=O)N3CCNC3=O)c3ccccc3)C2SC1. The molecular weight excluding hydrogens is 550 g/mol. The number of aliphatic carboxylic acids is 1. The molecule has 0 bridgehead atoms. The second kappa shape index (κ2) is 10.9. The molecule has 0 radical (unpaired) electrons. The molecule has 15 nitrogen and oxygen atoms in total. The number of amides is 6. The number of fused-ring (bicyclic) bond motifs is 1. The molecule has 1 aromatic carbocycles. The lowest BCUT2D eigenvalue weighted by Gasteiger charge is -2.49. The number of rotatable bonds is 8. The Bertz CT molecular complexity index is 1370. The van der Waals surface area contributed by atoms with Gasteiger partial charge in [-0.15, -0.1) is 16.9 Å². The van der Waals surface area contributed by atoms with E-state index in [1.165, 1.54) is 33.1 Å². The first kappa shape index (κ1) is 26.5. The molecule has 3 atom stereocenters. The van der Waals surface area contributed by atoms with Gasteiger partial charge in [-0.25, -0.2) is 24.0 Å². The van der Waals surface area contributed by atoms with Gasteiger partial charge in [-0.3, -0.25) is 14.5 Å². The van der Waals surface area contributed by atoms with Gasteiger partial charge in [0.25, 0.3) is 5.91 Å². The number of thioether (sulfide) groups is 2. The first-order valence-corrected chi connectivity index (χ1v) is 13.8. The van der Waals surface area contributed by atoms with E-state index in [1.54, 1.807) is 37.4 Å². The molecule has 17 heteroatoms. The van der Waals surface area contributed by atoms with Gasteiger partial charge in [-0.1, -0.05) is 42.1 Å². The van der Waals surface area contributed by atoms with Crippen LogP contribution in [0.5, 0.6) is 0 Å². The Morgan fingerprint density at radius 1 is 1.26 bits per heavy atom. The zero-order valence-corrected chi connectivity index (χ0v) is 22.1. The molecule has 204 valence electrons. The number of carboxylic acids is 1. The summed E-state index contributed by atoms with van der Waals surface area (Å²) in [5, 5.41) is 28.7. The third-order valence-electron chi connectivity index (χ3n) is 6.27. The minimum atomic E-state index is -1.25. The Morgan fingerprint density at radius 3 is 2.67 bits per heavy atom. The molecule has 3 aliphatic heterocycles. The van der Waals surface area contributed by atoms with E-state index in [2.05, 4.69) is 31.5 Å². The number of carbonyl (C=O) groups is 5. The number of aromatic nitrogens is 4. The van der Waals surface area contributed by atoms with Gasteiger partial charge in [-0.2, -0.15) is 0 Å². The maximum absolute atomic E-state index is 13.4. The lowest BCUT2D eigenvalue weighted by atomic mass is 10.0. The predicted molar refractivity (Wildman–Crippen MR) is 137 cm³/mol. The fraction of sp³-hybridized carbons (Fsp3) is 0.364. The summed E-state index contributed by atoms with van der Waals surface area (Å²) in [6.07, 6.45) is 0. The molecule has 0 aliphatic carbocycles. The minimum Gasteiger partial charge on any atom is -0.477 e. The van der Waals surface area contributed by atoms with E-state index in [9.17, 15) is 29.1 Å². The van der Waals surface area contributed by atoms with Crippen LogP contribution in [0.4, 0.5) is 9.59 Å². The number of nitrogens with zero attached hydrogens (tertiary/aromatic N) is 6. The Kier molecular flexibility index (Phi) is 7.42. The largest absolute Gasteiger partial charge is 0.477 e. The lowest BCUT2D eigenvalue weighted by Crippen LogP contribution is -2.71. The van der Waals surface area contributed by atoms with Crippen LogP contribution < -0.4 is 16.0 Å². The van der Waals surface area contributed by atoms with Gasteiger partial charge >= 0.3 is 18.0 Å². The maximum atomic E-state index is 13.4.